The fourth-order valence-corrected chi connectivity index (χ4v) is 4.07. The highest BCUT2D eigenvalue weighted by atomic mass is 16.5. The second-order valence-electron chi connectivity index (χ2n) is 9.06. The van der Waals surface area contributed by atoms with Crippen LogP contribution in [0.3, 0.4) is 0 Å². The van der Waals surface area contributed by atoms with Crippen LogP contribution in [0.5, 0.6) is 5.75 Å². The van der Waals surface area contributed by atoms with Crippen LogP contribution in [-0.4, -0.2) is 92.4 Å². The molecule has 1 aromatic carbocycles. The summed E-state index contributed by atoms with van der Waals surface area (Å²) in [5.41, 5.74) is 0.890. The SMILES string of the molecule is COCC(=O)N1C[C@H](C)[C@H](OC)CN(C)C(=O)c2ccc(NC(=O)c3cc(C)on3)cc2OC[C@H]1C. The van der Waals surface area contributed by atoms with E-state index in [0.29, 0.717) is 30.1 Å². The van der Waals surface area contributed by atoms with Gasteiger partial charge in [0.2, 0.25) is 5.91 Å². The van der Waals surface area contributed by atoms with Gasteiger partial charge in [-0.25, -0.2) is 0 Å². The second kappa shape index (κ2) is 12.0. The Bertz CT molecular complexity index is 1090. The first-order valence-corrected chi connectivity index (χ1v) is 11.7. The summed E-state index contributed by atoms with van der Waals surface area (Å²) in [4.78, 5) is 41.9. The van der Waals surface area contributed by atoms with Crippen molar-refractivity contribution in [1.82, 2.24) is 15.0 Å². The Morgan fingerprint density at radius 1 is 1.19 bits per heavy atom. The first-order valence-electron chi connectivity index (χ1n) is 11.7. The van der Waals surface area contributed by atoms with Crippen molar-refractivity contribution in [3.8, 4) is 5.75 Å². The predicted molar refractivity (Wildman–Crippen MR) is 131 cm³/mol. The molecule has 0 saturated heterocycles. The summed E-state index contributed by atoms with van der Waals surface area (Å²) >= 11 is 0. The molecule has 1 aromatic heterocycles. The zero-order chi connectivity index (χ0) is 26.4. The number of carbonyl (C=O) groups excluding carboxylic acids is 3. The van der Waals surface area contributed by atoms with Crippen molar-refractivity contribution in [3.05, 3.63) is 41.3 Å². The van der Waals surface area contributed by atoms with Crippen molar-refractivity contribution in [2.45, 2.75) is 32.9 Å². The Balaban J connectivity index is 1.93. The molecule has 0 aliphatic carbocycles. The molecule has 3 rings (SSSR count). The number of hydrogen-bond donors (Lipinski definition) is 1. The number of carbonyl (C=O) groups is 3. The summed E-state index contributed by atoms with van der Waals surface area (Å²) in [6, 6.07) is 6.02. The van der Waals surface area contributed by atoms with E-state index in [0.717, 1.165) is 0 Å². The third-order valence-electron chi connectivity index (χ3n) is 6.15. The predicted octanol–water partition coefficient (Wildman–Crippen LogP) is 2.21. The highest BCUT2D eigenvalue weighted by Crippen LogP contribution is 2.27. The first kappa shape index (κ1) is 27.2. The second-order valence-corrected chi connectivity index (χ2v) is 9.06. The van der Waals surface area contributed by atoms with Crippen LogP contribution in [0.25, 0.3) is 0 Å². The maximum atomic E-state index is 13.3. The number of amides is 3. The van der Waals surface area contributed by atoms with Crippen LogP contribution in [0.15, 0.2) is 28.8 Å². The smallest absolute Gasteiger partial charge is 0.277 e. The third kappa shape index (κ3) is 6.41. The Kier molecular flexibility index (Phi) is 9.05. The lowest BCUT2D eigenvalue weighted by Gasteiger charge is -2.36. The van der Waals surface area contributed by atoms with Crippen LogP contribution in [-0.2, 0) is 14.3 Å². The lowest BCUT2D eigenvalue weighted by atomic mass is 10.0. The molecule has 3 atom stereocenters. The maximum Gasteiger partial charge on any atom is 0.277 e. The standard InChI is InChI=1S/C25H34N4O7/c1-15-11-29(23(30)14-33-5)16(2)13-35-21-10-18(26-24(31)20-9-17(3)36-27-20)7-8-19(21)25(32)28(4)12-22(15)34-6/h7-10,15-16,22H,11-14H2,1-6H3,(H,26,31)/t15-,16+,22+/m0/s1. The number of ether oxygens (including phenoxy) is 3. The molecule has 2 aromatic rings. The third-order valence-corrected chi connectivity index (χ3v) is 6.15. The Morgan fingerprint density at radius 2 is 1.94 bits per heavy atom. The van der Waals surface area contributed by atoms with Gasteiger partial charge in [0.05, 0.1) is 17.7 Å². The topological polar surface area (TPSA) is 123 Å². The highest BCUT2D eigenvalue weighted by molar-refractivity contribution is 6.03. The van der Waals surface area contributed by atoms with Crippen LogP contribution in [0, 0.1) is 12.8 Å². The molecule has 1 N–H and O–H groups in total. The minimum atomic E-state index is -0.454. The number of rotatable bonds is 5. The zero-order valence-electron chi connectivity index (χ0n) is 21.6. The number of likely N-dealkylation sites (N-methyl/N-ethyl adjacent to an activating group) is 1. The van der Waals surface area contributed by atoms with Crippen LogP contribution < -0.4 is 10.1 Å². The summed E-state index contributed by atoms with van der Waals surface area (Å²) in [6.07, 6.45) is -0.294. The number of methoxy groups -OCH3 is 2. The van der Waals surface area contributed by atoms with Gasteiger partial charge in [-0.2, -0.15) is 0 Å². The van der Waals surface area contributed by atoms with Crippen LogP contribution >= 0.6 is 0 Å². The molecule has 0 radical (unpaired) electrons. The molecule has 196 valence electrons. The molecule has 0 spiro atoms. The summed E-state index contributed by atoms with van der Waals surface area (Å²) < 4.78 is 21.8. The number of aryl methyl sites for hydroxylation is 1. The maximum absolute atomic E-state index is 13.3. The molecule has 1 aliphatic heterocycles. The van der Waals surface area contributed by atoms with E-state index >= 15 is 0 Å². The average Bonchev–Trinajstić information content (AvgIpc) is 3.29. The molecule has 2 heterocycles. The summed E-state index contributed by atoms with van der Waals surface area (Å²) in [6.45, 7) is 6.36. The normalized spacial score (nSPS) is 21.2. The van der Waals surface area contributed by atoms with E-state index in [1.807, 2.05) is 13.8 Å². The fraction of sp³-hybridized carbons (Fsp3) is 0.520. The molecule has 3 amide bonds. The molecule has 0 unspecified atom stereocenters. The van der Waals surface area contributed by atoms with Crippen molar-refractivity contribution in [1.29, 1.82) is 0 Å². The molecule has 36 heavy (non-hydrogen) atoms. The number of hydrogen-bond acceptors (Lipinski definition) is 8. The molecule has 0 fully saturated rings. The van der Waals surface area contributed by atoms with E-state index in [-0.39, 0.29) is 54.5 Å². The van der Waals surface area contributed by atoms with Crippen molar-refractivity contribution in [3.63, 3.8) is 0 Å². The average molecular weight is 503 g/mol. The minimum Gasteiger partial charge on any atom is -0.491 e. The van der Waals surface area contributed by atoms with Gasteiger partial charge in [-0.15, -0.1) is 0 Å². The molecule has 1 aliphatic rings. The van der Waals surface area contributed by atoms with Gasteiger partial charge in [-0.05, 0) is 26.0 Å². The number of anilines is 1. The van der Waals surface area contributed by atoms with Crippen molar-refractivity contribution in [2.75, 3.05) is 52.9 Å². The molecular weight excluding hydrogens is 468 g/mol. The van der Waals surface area contributed by atoms with Gasteiger partial charge in [0.15, 0.2) is 5.69 Å². The summed E-state index contributed by atoms with van der Waals surface area (Å²) in [5.74, 6) is -0.115. The number of aromatic nitrogens is 1. The minimum absolute atomic E-state index is 0.0508. The summed E-state index contributed by atoms with van der Waals surface area (Å²) in [5, 5.41) is 6.47. The van der Waals surface area contributed by atoms with E-state index in [1.165, 1.54) is 13.2 Å². The van der Waals surface area contributed by atoms with Crippen molar-refractivity contribution >= 4 is 23.4 Å². The number of nitrogens with one attached hydrogen (secondary N) is 1. The molecule has 0 bridgehead atoms. The van der Waals surface area contributed by atoms with Gasteiger partial charge in [-0.3, -0.25) is 14.4 Å². The summed E-state index contributed by atoms with van der Waals surface area (Å²) in [7, 11) is 4.76. The van der Waals surface area contributed by atoms with Crippen molar-refractivity contribution < 1.29 is 33.1 Å². The molecule has 11 nitrogen and oxygen atoms in total. The zero-order valence-corrected chi connectivity index (χ0v) is 21.6. The quantitative estimate of drug-likeness (QED) is 0.660. The lowest BCUT2D eigenvalue weighted by molar-refractivity contribution is -0.139. The Labute approximate surface area is 210 Å². The Hall–Kier alpha value is -3.44. The molecule has 11 heteroatoms. The van der Waals surface area contributed by atoms with Gasteiger partial charge >= 0.3 is 0 Å². The van der Waals surface area contributed by atoms with Gasteiger partial charge in [0, 0.05) is 58.1 Å². The molecule has 0 saturated carbocycles. The highest BCUT2D eigenvalue weighted by Gasteiger charge is 2.30. The van der Waals surface area contributed by atoms with Crippen LogP contribution in [0.4, 0.5) is 5.69 Å². The number of benzene rings is 1. The van der Waals surface area contributed by atoms with E-state index < -0.39 is 5.91 Å². The number of nitrogens with zero attached hydrogens (tertiary/aromatic N) is 3. The Morgan fingerprint density at radius 3 is 2.58 bits per heavy atom. The fourth-order valence-electron chi connectivity index (χ4n) is 4.07. The van der Waals surface area contributed by atoms with E-state index in [2.05, 4.69) is 10.5 Å². The van der Waals surface area contributed by atoms with Gasteiger partial charge < -0.3 is 33.9 Å². The van der Waals surface area contributed by atoms with Gasteiger partial charge in [-0.1, -0.05) is 12.1 Å². The van der Waals surface area contributed by atoms with Crippen LogP contribution in [0.2, 0.25) is 0 Å². The molecular formula is C25H34N4O7. The van der Waals surface area contributed by atoms with E-state index in [4.69, 9.17) is 18.7 Å². The first-order chi connectivity index (χ1) is 17.1. The van der Waals surface area contributed by atoms with Crippen LogP contribution in [0.1, 0.15) is 40.5 Å². The monoisotopic (exact) mass is 502 g/mol. The van der Waals surface area contributed by atoms with Gasteiger partial charge in [0.25, 0.3) is 11.8 Å². The lowest BCUT2D eigenvalue weighted by Crippen LogP contribution is -2.49. The van der Waals surface area contributed by atoms with Gasteiger partial charge in [0.1, 0.15) is 24.7 Å². The number of fused-ring (bicyclic) bond motifs is 1. The van der Waals surface area contributed by atoms with Crippen molar-refractivity contribution in [2.24, 2.45) is 5.92 Å². The largest absolute Gasteiger partial charge is 0.491 e. The van der Waals surface area contributed by atoms with E-state index in [9.17, 15) is 14.4 Å². The van der Waals surface area contributed by atoms with E-state index in [1.54, 1.807) is 49.1 Å².